The van der Waals surface area contributed by atoms with Crippen LogP contribution in [0.25, 0.3) is 0 Å². The average molecular weight is 222 g/mol. The van der Waals surface area contributed by atoms with E-state index in [0.29, 0.717) is 19.1 Å². The van der Waals surface area contributed by atoms with Crippen LogP contribution in [0.5, 0.6) is 0 Å². The summed E-state index contributed by atoms with van der Waals surface area (Å²) in [5, 5.41) is 8.70. The number of rotatable bonds is 8. The molecule has 0 radical (unpaired) electrons. The molecule has 0 saturated carbocycles. The quantitative estimate of drug-likeness (QED) is 0.685. The van der Waals surface area contributed by atoms with Crippen LogP contribution in [-0.2, 0) is 11.3 Å². The molecule has 0 amide bonds. The monoisotopic (exact) mass is 222 g/mol. The zero-order chi connectivity index (χ0) is 11.6. The SMILES string of the molecule is C[C@H](CCCO)CCOCc1ccccc1. The first kappa shape index (κ1) is 13.2. The maximum atomic E-state index is 8.70. The largest absolute Gasteiger partial charge is 0.396 e. The Hall–Kier alpha value is -0.860. The van der Waals surface area contributed by atoms with Gasteiger partial charge < -0.3 is 9.84 Å². The zero-order valence-electron chi connectivity index (χ0n) is 10.1. The summed E-state index contributed by atoms with van der Waals surface area (Å²) in [7, 11) is 0. The number of aliphatic hydroxyl groups excluding tert-OH is 1. The van der Waals surface area contributed by atoms with Gasteiger partial charge in [-0.25, -0.2) is 0 Å². The van der Waals surface area contributed by atoms with E-state index in [2.05, 4.69) is 19.1 Å². The molecule has 0 bridgehead atoms. The number of hydrogen-bond donors (Lipinski definition) is 1. The molecule has 16 heavy (non-hydrogen) atoms. The van der Waals surface area contributed by atoms with Crippen LogP contribution in [0.1, 0.15) is 31.7 Å². The molecule has 0 heterocycles. The molecular formula is C14H22O2. The van der Waals surface area contributed by atoms with Crippen molar-refractivity contribution in [1.29, 1.82) is 0 Å². The van der Waals surface area contributed by atoms with Crippen molar-refractivity contribution in [1.82, 2.24) is 0 Å². The van der Waals surface area contributed by atoms with Crippen LogP contribution in [-0.4, -0.2) is 18.3 Å². The topological polar surface area (TPSA) is 29.5 Å². The van der Waals surface area contributed by atoms with Gasteiger partial charge in [0, 0.05) is 13.2 Å². The van der Waals surface area contributed by atoms with Crippen molar-refractivity contribution in [2.75, 3.05) is 13.2 Å². The predicted molar refractivity (Wildman–Crippen MR) is 66.2 cm³/mol. The fourth-order valence-electron chi connectivity index (χ4n) is 1.63. The van der Waals surface area contributed by atoms with Crippen molar-refractivity contribution >= 4 is 0 Å². The number of benzene rings is 1. The van der Waals surface area contributed by atoms with Gasteiger partial charge in [-0.05, 0) is 30.7 Å². The standard InChI is InChI=1S/C14H22O2/c1-13(6-5-10-15)9-11-16-12-14-7-3-2-4-8-14/h2-4,7-8,13,15H,5-6,9-12H2,1H3/t13-/m1/s1. The van der Waals surface area contributed by atoms with E-state index in [0.717, 1.165) is 25.9 Å². The molecule has 1 atom stereocenters. The van der Waals surface area contributed by atoms with Gasteiger partial charge in [0.25, 0.3) is 0 Å². The molecule has 0 aliphatic carbocycles. The Balaban J connectivity index is 2.03. The van der Waals surface area contributed by atoms with E-state index < -0.39 is 0 Å². The lowest BCUT2D eigenvalue weighted by Gasteiger charge is -2.10. The van der Waals surface area contributed by atoms with Crippen LogP contribution in [0.3, 0.4) is 0 Å². The Labute approximate surface area is 98.3 Å². The third-order valence-corrected chi connectivity index (χ3v) is 2.72. The molecule has 0 saturated heterocycles. The highest BCUT2D eigenvalue weighted by Gasteiger charge is 2.01. The highest BCUT2D eigenvalue weighted by molar-refractivity contribution is 5.13. The average Bonchev–Trinajstić information content (AvgIpc) is 2.33. The van der Waals surface area contributed by atoms with Crippen molar-refractivity contribution in [3.05, 3.63) is 35.9 Å². The van der Waals surface area contributed by atoms with E-state index in [1.807, 2.05) is 18.2 Å². The first-order valence-corrected chi connectivity index (χ1v) is 6.05. The van der Waals surface area contributed by atoms with Gasteiger partial charge in [-0.1, -0.05) is 37.3 Å². The van der Waals surface area contributed by atoms with Crippen molar-refractivity contribution in [2.24, 2.45) is 5.92 Å². The summed E-state index contributed by atoms with van der Waals surface area (Å²) in [6.45, 7) is 4.02. The summed E-state index contributed by atoms with van der Waals surface area (Å²) in [5.41, 5.74) is 1.23. The predicted octanol–water partition coefficient (Wildman–Crippen LogP) is 3.00. The Morgan fingerprint density at radius 2 is 1.94 bits per heavy atom. The fraction of sp³-hybridized carbons (Fsp3) is 0.571. The maximum absolute atomic E-state index is 8.70. The Kier molecular flexibility index (Phi) is 6.86. The minimum absolute atomic E-state index is 0.301. The van der Waals surface area contributed by atoms with Crippen molar-refractivity contribution in [3.63, 3.8) is 0 Å². The Morgan fingerprint density at radius 1 is 1.19 bits per heavy atom. The van der Waals surface area contributed by atoms with Crippen LogP contribution in [0, 0.1) is 5.92 Å². The van der Waals surface area contributed by atoms with Gasteiger partial charge in [-0.15, -0.1) is 0 Å². The summed E-state index contributed by atoms with van der Waals surface area (Å²) in [4.78, 5) is 0. The summed E-state index contributed by atoms with van der Waals surface area (Å²) in [6.07, 6.45) is 3.07. The van der Waals surface area contributed by atoms with Gasteiger partial charge in [0.15, 0.2) is 0 Å². The van der Waals surface area contributed by atoms with Crippen LogP contribution in [0.4, 0.5) is 0 Å². The smallest absolute Gasteiger partial charge is 0.0716 e. The molecule has 1 aromatic rings. The van der Waals surface area contributed by atoms with E-state index in [1.165, 1.54) is 5.56 Å². The van der Waals surface area contributed by atoms with Crippen molar-refractivity contribution in [3.8, 4) is 0 Å². The van der Waals surface area contributed by atoms with Crippen LogP contribution in [0.2, 0.25) is 0 Å². The molecule has 0 aliphatic heterocycles. The summed E-state index contributed by atoms with van der Waals surface area (Å²) in [5.74, 6) is 0.642. The highest BCUT2D eigenvalue weighted by atomic mass is 16.5. The normalized spacial score (nSPS) is 12.6. The molecular weight excluding hydrogens is 200 g/mol. The lowest BCUT2D eigenvalue weighted by molar-refractivity contribution is 0.107. The third kappa shape index (κ3) is 5.89. The molecule has 0 aliphatic rings. The molecule has 90 valence electrons. The van der Waals surface area contributed by atoms with E-state index in [1.54, 1.807) is 0 Å². The molecule has 0 spiro atoms. The summed E-state index contributed by atoms with van der Waals surface area (Å²) in [6, 6.07) is 10.2. The lowest BCUT2D eigenvalue weighted by atomic mass is 10.0. The van der Waals surface area contributed by atoms with E-state index >= 15 is 0 Å². The number of hydrogen-bond acceptors (Lipinski definition) is 2. The van der Waals surface area contributed by atoms with Crippen molar-refractivity contribution in [2.45, 2.75) is 32.8 Å². The highest BCUT2D eigenvalue weighted by Crippen LogP contribution is 2.10. The molecule has 1 N–H and O–H groups in total. The van der Waals surface area contributed by atoms with Gasteiger partial charge in [0.2, 0.25) is 0 Å². The van der Waals surface area contributed by atoms with Crippen LogP contribution >= 0.6 is 0 Å². The third-order valence-electron chi connectivity index (χ3n) is 2.72. The molecule has 2 heteroatoms. The Morgan fingerprint density at radius 3 is 2.62 bits per heavy atom. The molecule has 2 nitrogen and oxygen atoms in total. The summed E-state index contributed by atoms with van der Waals surface area (Å²) >= 11 is 0. The second-order valence-corrected chi connectivity index (χ2v) is 4.30. The minimum atomic E-state index is 0.301. The first-order valence-electron chi connectivity index (χ1n) is 6.05. The number of ether oxygens (including phenoxy) is 1. The summed E-state index contributed by atoms with van der Waals surface area (Å²) < 4.78 is 5.61. The van der Waals surface area contributed by atoms with E-state index in [9.17, 15) is 0 Å². The second kappa shape index (κ2) is 8.31. The lowest BCUT2D eigenvalue weighted by Crippen LogP contribution is -2.03. The second-order valence-electron chi connectivity index (χ2n) is 4.30. The molecule has 0 aromatic heterocycles. The fourth-order valence-corrected chi connectivity index (χ4v) is 1.63. The van der Waals surface area contributed by atoms with Gasteiger partial charge in [0.1, 0.15) is 0 Å². The molecule has 1 rings (SSSR count). The molecule has 0 fully saturated rings. The zero-order valence-corrected chi connectivity index (χ0v) is 10.1. The maximum Gasteiger partial charge on any atom is 0.0716 e. The van der Waals surface area contributed by atoms with Gasteiger partial charge in [0.05, 0.1) is 6.61 Å². The Bertz CT molecular complexity index is 259. The first-order chi connectivity index (χ1) is 7.83. The van der Waals surface area contributed by atoms with Gasteiger partial charge >= 0.3 is 0 Å². The number of aliphatic hydroxyl groups is 1. The molecule has 1 aromatic carbocycles. The van der Waals surface area contributed by atoms with Crippen LogP contribution in [0.15, 0.2) is 30.3 Å². The molecule has 0 unspecified atom stereocenters. The van der Waals surface area contributed by atoms with Crippen LogP contribution < -0.4 is 0 Å². The van der Waals surface area contributed by atoms with E-state index in [-0.39, 0.29) is 0 Å². The van der Waals surface area contributed by atoms with Crippen molar-refractivity contribution < 1.29 is 9.84 Å². The van der Waals surface area contributed by atoms with Gasteiger partial charge in [-0.3, -0.25) is 0 Å². The minimum Gasteiger partial charge on any atom is -0.396 e. The van der Waals surface area contributed by atoms with E-state index in [4.69, 9.17) is 9.84 Å². The van der Waals surface area contributed by atoms with Gasteiger partial charge in [-0.2, -0.15) is 0 Å².